The Morgan fingerprint density at radius 2 is 1.80 bits per heavy atom. The van der Waals surface area contributed by atoms with E-state index in [1.807, 2.05) is 26.8 Å². The van der Waals surface area contributed by atoms with Crippen molar-refractivity contribution in [3.63, 3.8) is 0 Å². The van der Waals surface area contributed by atoms with Crippen molar-refractivity contribution in [2.24, 2.45) is 4.99 Å². The Morgan fingerprint density at radius 3 is 2.37 bits per heavy atom. The number of hydrogen-bond donors (Lipinski definition) is 3. The topological polar surface area (TPSA) is 91.6 Å². The molecule has 0 aliphatic heterocycles. The molecule has 2 aromatic rings. The third-order valence-corrected chi connectivity index (χ3v) is 4.08. The zero-order valence-electron chi connectivity index (χ0n) is 17.1. The maximum Gasteiger partial charge on any atom is 0.416 e. The van der Waals surface area contributed by atoms with Crippen molar-refractivity contribution in [1.29, 1.82) is 0 Å². The first-order valence-corrected chi connectivity index (χ1v) is 9.63. The van der Waals surface area contributed by atoms with Crippen LogP contribution in [0.2, 0.25) is 0 Å². The first kappa shape index (κ1) is 23.2. The summed E-state index contributed by atoms with van der Waals surface area (Å²) in [5.74, 6) is 1.01. The predicted octanol–water partition coefficient (Wildman–Crippen LogP) is 3.30. The minimum absolute atomic E-state index is 0.162. The summed E-state index contributed by atoms with van der Waals surface area (Å²) in [5, 5.41) is 12.8. The number of halogens is 3. The van der Waals surface area contributed by atoms with Crippen LogP contribution in [-0.2, 0) is 12.7 Å². The average molecular weight is 425 g/mol. The lowest BCUT2D eigenvalue weighted by atomic mass is 10.1. The molecule has 1 heterocycles. The minimum atomic E-state index is -4.43. The Balaban J connectivity index is 1.81. The van der Waals surface area contributed by atoms with E-state index in [9.17, 15) is 18.0 Å². The SMILES string of the molecule is CCNC(=NCc1cc(C(C)C)no1)NCCNC(=O)c1ccc(C(F)(F)F)cc1. The Kier molecular flexibility index (Phi) is 8.25. The van der Waals surface area contributed by atoms with Crippen LogP contribution in [0.1, 0.15) is 54.1 Å². The minimum Gasteiger partial charge on any atom is -0.359 e. The van der Waals surface area contributed by atoms with Gasteiger partial charge in [0.05, 0.1) is 11.3 Å². The molecule has 3 N–H and O–H groups in total. The number of amides is 1. The summed E-state index contributed by atoms with van der Waals surface area (Å²) in [6.45, 7) is 7.58. The van der Waals surface area contributed by atoms with E-state index in [1.54, 1.807) is 0 Å². The molecule has 0 fully saturated rings. The molecule has 0 saturated carbocycles. The second-order valence-electron chi connectivity index (χ2n) is 6.83. The summed E-state index contributed by atoms with van der Waals surface area (Å²) in [6, 6.07) is 5.94. The Morgan fingerprint density at radius 1 is 1.13 bits per heavy atom. The molecule has 0 radical (unpaired) electrons. The second kappa shape index (κ2) is 10.7. The van der Waals surface area contributed by atoms with Gasteiger partial charge in [-0.15, -0.1) is 0 Å². The second-order valence-corrected chi connectivity index (χ2v) is 6.83. The van der Waals surface area contributed by atoms with E-state index in [0.717, 1.165) is 30.0 Å². The van der Waals surface area contributed by atoms with E-state index in [-0.39, 0.29) is 18.0 Å². The van der Waals surface area contributed by atoms with Gasteiger partial charge in [-0.2, -0.15) is 13.2 Å². The van der Waals surface area contributed by atoms with Gasteiger partial charge < -0.3 is 20.5 Å². The summed E-state index contributed by atoms with van der Waals surface area (Å²) in [4.78, 5) is 16.5. The molecule has 0 aliphatic carbocycles. The lowest BCUT2D eigenvalue weighted by Crippen LogP contribution is -2.41. The molecule has 0 atom stereocenters. The number of nitrogens with one attached hydrogen (secondary N) is 3. The molecule has 1 aromatic heterocycles. The zero-order valence-corrected chi connectivity index (χ0v) is 17.1. The van der Waals surface area contributed by atoms with Gasteiger partial charge in [0.2, 0.25) is 0 Å². The van der Waals surface area contributed by atoms with Crippen LogP contribution in [0.3, 0.4) is 0 Å². The van der Waals surface area contributed by atoms with Gasteiger partial charge in [-0.1, -0.05) is 19.0 Å². The number of nitrogens with zero attached hydrogens (tertiary/aromatic N) is 2. The Hall–Kier alpha value is -3.04. The monoisotopic (exact) mass is 425 g/mol. The van der Waals surface area contributed by atoms with Gasteiger partial charge in [0.25, 0.3) is 5.91 Å². The highest BCUT2D eigenvalue weighted by Gasteiger charge is 2.30. The largest absolute Gasteiger partial charge is 0.416 e. The third kappa shape index (κ3) is 7.09. The van der Waals surface area contributed by atoms with Crippen LogP contribution in [0.5, 0.6) is 0 Å². The molecule has 0 saturated heterocycles. The highest BCUT2D eigenvalue weighted by molar-refractivity contribution is 5.94. The van der Waals surface area contributed by atoms with Crippen molar-refractivity contribution in [1.82, 2.24) is 21.1 Å². The van der Waals surface area contributed by atoms with Crippen LogP contribution in [0.15, 0.2) is 39.8 Å². The van der Waals surface area contributed by atoms with Gasteiger partial charge in [0.15, 0.2) is 11.7 Å². The molecule has 1 aromatic carbocycles. The van der Waals surface area contributed by atoms with Crippen molar-refractivity contribution in [3.8, 4) is 0 Å². The van der Waals surface area contributed by atoms with Crippen molar-refractivity contribution in [3.05, 3.63) is 52.9 Å². The number of carbonyl (C=O) groups excluding carboxylic acids is 1. The van der Waals surface area contributed by atoms with E-state index in [1.165, 1.54) is 0 Å². The number of carbonyl (C=O) groups is 1. The van der Waals surface area contributed by atoms with Gasteiger partial charge in [0, 0.05) is 31.3 Å². The first-order valence-electron chi connectivity index (χ1n) is 9.63. The number of benzene rings is 1. The van der Waals surface area contributed by atoms with Crippen molar-refractivity contribution < 1.29 is 22.5 Å². The van der Waals surface area contributed by atoms with Crippen molar-refractivity contribution in [2.45, 2.75) is 39.4 Å². The fourth-order valence-corrected chi connectivity index (χ4v) is 2.44. The quantitative estimate of drug-likeness (QED) is 0.343. The fraction of sp³-hybridized carbons (Fsp3) is 0.450. The van der Waals surface area contributed by atoms with Crippen LogP contribution >= 0.6 is 0 Å². The lowest BCUT2D eigenvalue weighted by molar-refractivity contribution is -0.137. The van der Waals surface area contributed by atoms with Crippen LogP contribution in [0, 0.1) is 0 Å². The smallest absolute Gasteiger partial charge is 0.359 e. The maximum atomic E-state index is 12.6. The summed E-state index contributed by atoms with van der Waals surface area (Å²) >= 11 is 0. The molecule has 30 heavy (non-hydrogen) atoms. The molecule has 2 rings (SSSR count). The third-order valence-electron chi connectivity index (χ3n) is 4.08. The van der Waals surface area contributed by atoms with E-state index in [2.05, 4.69) is 26.1 Å². The molecule has 7 nitrogen and oxygen atoms in total. The summed E-state index contributed by atoms with van der Waals surface area (Å²) in [7, 11) is 0. The van der Waals surface area contributed by atoms with Gasteiger partial charge >= 0.3 is 6.18 Å². The molecule has 1 amide bonds. The van der Waals surface area contributed by atoms with Crippen LogP contribution < -0.4 is 16.0 Å². The molecule has 0 aliphatic rings. The van der Waals surface area contributed by atoms with Crippen molar-refractivity contribution >= 4 is 11.9 Å². The number of hydrogen-bond acceptors (Lipinski definition) is 4. The Labute approximate surface area is 173 Å². The van der Waals surface area contributed by atoms with Gasteiger partial charge in [0.1, 0.15) is 6.54 Å². The first-order chi connectivity index (χ1) is 14.2. The average Bonchev–Trinajstić information content (AvgIpc) is 3.18. The zero-order chi connectivity index (χ0) is 22.1. The molecule has 164 valence electrons. The Bertz CT molecular complexity index is 845. The number of guanidine groups is 1. The number of alkyl halides is 3. The standard InChI is InChI=1S/C20H26F3N5O2/c1-4-24-19(27-12-16-11-17(13(2)3)28-30-16)26-10-9-25-18(29)14-5-7-15(8-6-14)20(21,22)23/h5-8,11,13H,4,9-10,12H2,1-3H3,(H,25,29)(H2,24,26,27). The molecule has 0 unspecified atom stereocenters. The molecular formula is C20H26F3N5O2. The normalized spacial score (nSPS) is 12.2. The highest BCUT2D eigenvalue weighted by Crippen LogP contribution is 2.29. The van der Waals surface area contributed by atoms with Crippen LogP contribution in [-0.4, -0.2) is 36.7 Å². The predicted molar refractivity (Wildman–Crippen MR) is 107 cm³/mol. The molecule has 0 spiro atoms. The molecule has 10 heteroatoms. The molecular weight excluding hydrogens is 399 g/mol. The highest BCUT2D eigenvalue weighted by atomic mass is 19.4. The van der Waals surface area contributed by atoms with E-state index in [4.69, 9.17) is 4.52 Å². The van der Waals surface area contributed by atoms with E-state index < -0.39 is 17.6 Å². The summed E-state index contributed by atoms with van der Waals surface area (Å²) in [6.07, 6.45) is -4.43. The number of aromatic nitrogens is 1. The van der Waals surface area contributed by atoms with Gasteiger partial charge in [-0.05, 0) is 37.1 Å². The number of rotatable bonds is 8. The van der Waals surface area contributed by atoms with Gasteiger partial charge in [-0.3, -0.25) is 4.79 Å². The van der Waals surface area contributed by atoms with E-state index in [0.29, 0.717) is 31.4 Å². The van der Waals surface area contributed by atoms with Crippen LogP contribution in [0.25, 0.3) is 0 Å². The summed E-state index contributed by atoms with van der Waals surface area (Å²) < 4.78 is 43.0. The molecule has 0 bridgehead atoms. The fourth-order valence-electron chi connectivity index (χ4n) is 2.44. The maximum absolute atomic E-state index is 12.6. The number of aliphatic imine (C=N–C) groups is 1. The van der Waals surface area contributed by atoms with Gasteiger partial charge in [-0.25, -0.2) is 4.99 Å². The van der Waals surface area contributed by atoms with E-state index >= 15 is 0 Å². The van der Waals surface area contributed by atoms with Crippen molar-refractivity contribution in [2.75, 3.05) is 19.6 Å². The lowest BCUT2D eigenvalue weighted by Gasteiger charge is -2.12. The van der Waals surface area contributed by atoms with Crippen LogP contribution in [0.4, 0.5) is 13.2 Å². The summed E-state index contributed by atoms with van der Waals surface area (Å²) in [5.41, 5.74) is 0.235.